The number of methoxy groups -OCH3 is 3. The molecule has 0 saturated carbocycles. The maximum absolute atomic E-state index is 13.4. The maximum atomic E-state index is 13.4. The second kappa shape index (κ2) is 13.0. The van der Waals surface area contributed by atoms with Gasteiger partial charge in [-0.15, -0.1) is 0 Å². The summed E-state index contributed by atoms with van der Waals surface area (Å²) < 4.78 is 22.3. The molecule has 3 aromatic rings. The van der Waals surface area contributed by atoms with E-state index in [1.807, 2.05) is 53.5 Å². The Morgan fingerprint density at radius 2 is 1.59 bits per heavy atom. The van der Waals surface area contributed by atoms with Gasteiger partial charge in [0.15, 0.2) is 23.0 Å². The minimum Gasteiger partial charge on any atom is -0.493 e. The van der Waals surface area contributed by atoms with Crippen molar-refractivity contribution in [3.63, 3.8) is 0 Å². The average Bonchev–Trinajstić information content (AvgIpc) is 3.43. The standard InChI is InChI=1S/C31H37N3O5/c1-21(2)20-39-29-18-23(13-15-27(29)37-4)30(22-10-7-6-8-11-22)33-34-17-9-12-25(34)31(35)32-24-14-16-26(36-3)28(19-24)38-5/h6-8,10-11,13-16,18-19,21,25H,9,12,17,20H2,1-5H3,(H,32,35)/b33-30+. The molecule has 0 bridgehead atoms. The summed E-state index contributed by atoms with van der Waals surface area (Å²) in [5, 5.41) is 9.97. The topological polar surface area (TPSA) is 81.6 Å². The zero-order valence-electron chi connectivity index (χ0n) is 23.3. The predicted molar refractivity (Wildman–Crippen MR) is 153 cm³/mol. The van der Waals surface area contributed by atoms with E-state index < -0.39 is 6.04 Å². The van der Waals surface area contributed by atoms with E-state index >= 15 is 0 Å². The van der Waals surface area contributed by atoms with Gasteiger partial charge in [0, 0.05) is 29.4 Å². The summed E-state index contributed by atoms with van der Waals surface area (Å²) in [7, 11) is 4.78. The fourth-order valence-electron chi connectivity index (χ4n) is 4.48. The highest BCUT2D eigenvalue weighted by molar-refractivity contribution is 6.13. The first kappa shape index (κ1) is 27.8. The Kier molecular flexibility index (Phi) is 9.31. The second-order valence-electron chi connectivity index (χ2n) is 9.77. The number of anilines is 1. The van der Waals surface area contributed by atoms with E-state index in [0.717, 1.165) is 23.3 Å². The molecule has 0 spiro atoms. The van der Waals surface area contributed by atoms with Gasteiger partial charge in [-0.1, -0.05) is 44.2 Å². The van der Waals surface area contributed by atoms with Crippen LogP contribution in [0.3, 0.4) is 0 Å². The van der Waals surface area contributed by atoms with Crippen molar-refractivity contribution in [2.75, 3.05) is 39.8 Å². The van der Waals surface area contributed by atoms with Crippen molar-refractivity contribution in [3.05, 3.63) is 77.9 Å². The summed E-state index contributed by atoms with van der Waals surface area (Å²) in [5.74, 6) is 2.74. The van der Waals surface area contributed by atoms with Gasteiger partial charge in [0.1, 0.15) is 6.04 Å². The number of carbonyl (C=O) groups excluding carboxylic acids is 1. The molecule has 8 nitrogen and oxygen atoms in total. The summed E-state index contributed by atoms with van der Waals surface area (Å²) >= 11 is 0. The number of amides is 1. The molecule has 4 rings (SSSR count). The van der Waals surface area contributed by atoms with Crippen LogP contribution in [0.25, 0.3) is 0 Å². The Morgan fingerprint density at radius 3 is 2.28 bits per heavy atom. The van der Waals surface area contributed by atoms with E-state index in [9.17, 15) is 4.79 Å². The minimum absolute atomic E-state index is 0.119. The lowest BCUT2D eigenvalue weighted by Gasteiger charge is -2.23. The molecule has 8 heteroatoms. The SMILES string of the molecule is COc1ccc(NC(=O)C2CCCN2/N=C(\c2ccccc2)c2ccc(OC)c(OCC(C)C)c2)cc1OC. The van der Waals surface area contributed by atoms with Crippen LogP contribution in [-0.4, -0.2) is 57.2 Å². The Balaban J connectivity index is 1.65. The van der Waals surface area contributed by atoms with Crippen LogP contribution in [-0.2, 0) is 4.79 Å². The Hall–Kier alpha value is -4.20. The number of hydrogen-bond donors (Lipinski definition) is 1. The molecule has 1 heterocycles. The van der Waals surface area contributed by atoms with Gasteiger partial charge in [-0.3, -0.25) is 9.80 Å². The van der Waals surface area contributed by atoms with Crippen molar-refractivity contribution >= 4 is 17.3 Å². The van der Waals surface area contributed by atoms with Gasteiger partial charge in [0.25, 0.3) is 0 Å². The number of rotatable bonds is 11. The molecule has 206 valence electrons. The van der Waals surface area contributed by atoms with E-state index in [0.29, 0.717) is 54.2 Å². The summed E-state index contributed by atoms with van der Waals surface area (Å²) in [6, 6.07) is 20.7. The van der Waals surface area contributed by atoms with Gasteiger partial charge in [-0.05, 0) is 49.1 Å². The van der Waals surface area contributed by atoms with Gasteiger partial charge in [0.2, 0.25) is 5.91 Å². The number of hydrogen-bond acceptors (Lipinski definition) is 7. The molecule has 39 heavy (non-hydrogen) atoms. The molecule has 1 amide bonds. The van der Waals surface area contributed by atoms with E-state index in [-0.39, 0.29) is 5.91 Å². The Labute approximate surface area is 230 Å². The third-order valence-electron chi connectivity index (χ3n) is 6.46. The lowest BCUT2D eigenvalue weighted by Crippen LogP contribution is -2.37. The van der Waals surface area contributed by atoms with Gasteiger partial charge >= 0.3 is 0 Å². The molecule has 1 saturated heterocycles. The molecule has 0 radical (unpaired) electrons. The van der Waals surface area contributed by atoms with E-state index in [1.54, 1.807) is 39.5 Å². The van der Waals surface area contributed by atoms with Gasteiger partial charge in [-0.2, -0.15) is 5.10 Å². The molecule has 0 aliphatic carbocycles. The van der Waals surface area contributed by atoms with Crippen LogP contribution in [0, 0.1) is 5.92 Å². The highest BCUT2D eigenvalue weighted by atomic mass is 16.5. The molecule has 1 aliphatic heterocycles. The third kappa shape index (κ3) is 6.82. The fraction of sp³-hybridized carbons (Fsp3) is 0.355. The van der Waals surface area contributed by atoms with Crippen LogP contribution < -0.4 is 24.3 Å². The van der Waals surface area contributed by atoms with Crippen LogP contribution in [0.1, 0.15) is 37.8 Å². The molecular weight excluding hydrogens is 494 g/mol. The van der Waals surface area contributed by atoms with Crippen molar-refractivity contribution in [2.45, 2.75) is 32.7 Å². The first-order chi connectivity index (χ1) is 18.9. The van der Waals surface area contributed by atoms with Gasteiger partial charge < -0.3 is 24.3 Å². The summed E-state index contributed by atoms with van der Waals surface area (Å²) in [6.45, 7) is 5.46. The molecule has 0 aromatic heterocycles. The number of ether oxygens (including phenoxy) is 4. The molecule has 1 atom stereocenters. The van der Waals surface area contributed by atoms with Crippen molar-refractivity contribution in [1.29, 1.82) is 0 Å². The molecule has 1 N–H and O–H groups in total. The molecular formula is C31H37N3O5. The van der Waals surface area contributed by atoms with E-state index in [4.69, 9.17) is 24.0 Å². The number of benzene rings is 3. The largest absolute Gasteiger partial charge is 0.493 e. The first-order valence-electron chi connectivity index (χ1n) is 13.2. The van der Waals surface area contributed by atoms with Crippen LogP contribution in [0.4, 0.5) is 5.69 Å². The fourth-order valence-corrected chi connectivity index (χ4v) is 4.48. The van der Waals surface area contributed by atoms with Crippen LogP contribution in [0.2, 0.25) is 0 Å². The summed E-state index contributed by atoms with van der Waals surface area (Å²) in [5.41, 5.74) is 3.23. The Bertz CT molecular complexity index is 1290. The first-order valence-corrected chi connectivity index (χ1v) is 13.2. The third-order valence-corrected chi connectivity index (χ3v) is 6.46. The number of nitrogens with zero attached hydrogens (tertiary/aromatic N) is 2. The van der Waals surface area contributed by atoms with E-state index in [1.165, 1.54) is 0 Å². The van der Waals surface area contributed by atoms with Crippen molar-refractivity contribution < 1.29 is 23.7 Å². The molecule has 1 unspecified atom stereocenters. The lowest BCUT2D eigenvalue weighted by molar-refractivity contribution is -0.120. The zero-order chi connectivity index (χ0) is 27.8. The smallest absolute Gasteiger partial charge is 0.248 e. The molecule has 3 aromatic carbocycles. The zero-order valence-corrected chi connectivity index (χ0v) is 23.3. The van der Waals surface area contributed by atoms with Crippen LogP contribution in [0.5, 0.6) is 23.0 Å². The lowest BCUT2D eigenvalue weighted by atomic mass is 10.0. The normalized spacial score (nSPS) is 15.3. The predicted octanol–water partition coefficient (Wildman–Crippen LogP) is 5.60. The van der Waals surface area contributed by atoms with Crippen molar-refractivity contribution in [2.24, 2.45) is 11.0 Å². The number of carbonyl (C=O) groups is 1. The van der Waals surface area contributed by atoms with Crippen LogP contribution in [0.15, 0.2) is 71.8 Å². The quantitative estimate of drug-likeness (QED) is 0.324. The number of hydrazone groups is 1. The Morgan fingerprint density at radius 1 is 0.897 bits per heavy atom. The number of nitrogens with one attached hydrogen (secondary N) is 1. The van der Waals surface area contributed by atoms with Crippen LogP contribution >= 0.6 is 0 Å². The monoisotopic (exact) mass is 531 g/mol. The second-order valence-corrected chi connectivity index (χ2v) is 9.77. The van der Waals surface area contributed by atoms with Gasteiger partial charge in [0.05, 0.1) is 33.6 Å². The average molecular weight is 532 g/mol. The highest BCUT2D eigenvalue weighted by Crippen LogP contribution is 2.32. The van der Waals surface area contributed by atoms with Crippen molar-refractivity contribution in [3.8, 4) is 23.0 Å². The van der Waals surface area contributed by atoms with Crippen molar-refractivity contribution in [1.82, 2.24) is 5.01 Å². The highest BCUT2D eigenvalue weighted by Gasteiger charge is 2.31. The maximum Gasteiger partial charge on any atom is 0.248 e. The van der Waals surface area contributed by atoms with Gasteiger partial charge in [-0.25, -0.2) is 0 Å². The molecule has 1 aliphatic rings. The molecule has 1 fully saturated rings. The van der Waals surface area contributed by atoms with E-state index in [2.05, 4.69) is 19.2 Å². The summed E-state index contributed by atoms with van der Waals surface area (Å²) in [6.07, 6.45) is 1.57. The minimum atomic E-state index is -0.410. The summed E-state index contributed by atoms with van der Waals surface area (Å²) in [4.78, 5) is 13.4.